The molecule has 2 saturated heterocycles. The van der Waals surface area contributed by atoms with Crippen LogP contribution in [-0.2, 0) is 34.4 Å². The van der Waals surface area contributed by atoms with Gasteiger partial charge in [0.05, 0.1) is 24.8 Å². The first-order valence-electron chi connectivity index (χ1n) is 15.9. The van der Waals surface area contributed by atoms with Crippen LogP contribution in [0.15, 0.2) is 30.3 Å². The SMILES string of the molecule is CCOP(=O)(C[C@@H]1CC2(CCCCCCC(Cc3ccccc3)C(=O)N[C@@H](CC(C)C)C(=O)N1)CCNC2=O)OCC. The lowest BCUT2D eigenvalue weighted by atomic mass is 9.76. The average Bonchev–Trinajstić information content (AvgIpc) is 3.28. The van der Waals surface area contributed by atoms with Crippen LogP contribution in [-0.4, -0.2) is 55.7 Å². The zero-order valence-corrected chi connectivity index (χ0v) is 26.9. The van der Waals surface area contributed by atoms with E-state index >= 15 is 0 Å². The maximum absolute atomic E-state index is 13.9. The fraction of sp³-hybridized carbons (Fsp3) is 0.719. The van der Waals surface area contributed by atoms with Crippen molar-refractivity contribution in [2.24, 2.45) is 17.3 Å². The lowest BCUT2D eigenvalue weighted by molar-refractivity contribution is -0.132. The molecule has 3 rings (SSSR count). The number of hydrogen-bond donors (Lipinski definition) is 3. The minimum Gasteiger partial charge on any atom is -0.356 e. The topological polar surface area (TPSA) is 123 Å². The molecule has 1 aromatic rings. The maximum Gasteiger partial charge on any atom is 0.332 e. The molecule has 4 atom stereocenters. The number of nitrogens with one attached hydrogen (secondary N) is 3. The van der Waals surface area contributed by atoms with E-state index in [9.17, 15) is 18.9 Å². The third kappa shape index (κ3) is 10.2. The largest absolute Gasteiger partial charge is 0.356 e. The molecular formula is C32H52N3O6P. The van der Waals surface area contributed by atoms with Crippen molar-refractivity contribution < 1.29 is 28.0 Å². The summed E-state index contributed by atoms with van der Waals surface area (Å²) in [6.07, 6.45) is 7.17. The molecule has 236 valence electrons. The van der Waals surface area contributed by atoms with Gasteiger partial charge in [-0.25, -0.2) is 0 Å². The van der Waals surface area contributed by atoms with Gasteiger partial charge in [-0.1, -0.05) is 69.9 Å². The van der Waals surface area contributed by atoms with E-state index in [4.69, 9.17) is 9.05 Å². The summed E-state index contributed by atoms with van der Waals surface area (Å²) in [7, 11) is -3.53. The molecule has 2 aliphatic heterocycles. The second kappa shape index (κ2) is 16.6. The maximum atomic E-state index is 13.9. The first kappa shape index (κ1) is 34.3. The molecule has 0 aromatic heterocycles. The molecule has 0 bridgehead atoms. The van der Waals surface area contributed by atoms with E-state index in [2.05, 4.69) is 16.0 Å². The van der Waals surface area contributed by atoms with E-state index in [-0.39, 0.29) is 48.9 Å². The fourth-order valence-corrected chi connectivity index (χ4v) is 8.25. The fourth-order valence-electron chi connectivity index (χ4n) is 6.42. The summed E-state index contributed by atoms with van der Waals surface area (Å²) in [6.45, 7) is 8.55. The van der Waals surface area contributed by atoms with E-state index in [1.54, 1.807) is 13.8 Å². The second-order valence-corrected chi connectivity index (χ2v) is 14.5. The summed E-state index contributed by atoms with van der Waals surface area (Å²) in [4.78, 5) is 40.8. The van der Waals surface area contributed by atoms with Crippen LogP contribution < -0.4 is 16.0 Å². The predicted molar refractivity (Wildman–Crippen MR) is 165 cm³/mol. The van der Waals surface area contributed by atoms with Crippen molar-refractivity contribution in [3.05, 3.63) is 35.9 Å². The van der Waals surface area contributed by atoms with Crippen molar-refractivity contribution in [2.45, 2.75) is 104 Å². The van der Waals surface area contributed by atoms with Crippen LogP contribution in [0.25, 0.3) is 0 Å². The average molecular weight is 606 g/mol. The van der Waals surface area contributed by atoms with Gasteiger partial charge < -0.3 is 25.0 Å². The molecule has 10 heteroatoms. The van der Waals surface area contributed by atoms with E-state index in [0.717, 1.165) is 37.7 Å². The molecule has 1 aromatic carbocycles. The molecule has 3 N–H and O–H groups in total. The minimum atomic E-state index is -3.53. The first-order chi connectivity index (χ1) is 20.1. The van der Waals surface area contributed by atoms with Crippen LogP contribution in [0.2, 0.25) is 0 Å². The normalized spacial score (nSPS) is 26.8. The Balaban J connectivity index is 1.93. The standard InChI is InChI=1S/C32H52N3O6P/c1-5-40-42(39,41-6-2)23-27-22-32(18-19-33-31(32)38)17-13-8-7-12-16-26(21-25-14-10-9-11-15-25)29(36)35-28(20-24(3)4)30(37)34-27/h9-11,14-15,24,26-28H,5-8,12-13,16-23H2,1-4H3,(H,33,38)(H,34,37)(H,35,36)/t26?,27-,28-,32?/m0/s1. The number of carbonyl (C=O) groups excluding carboxylic acids is 3. The molecule has 2 aliphatic rings. The Hall–Kier alpha value is -2.22. The molecule has 0 aliphatic carbocycles. The summed E-state index contributed by atoms with van der Waals surface area (Å²) in [5.41, 5.74) is 0.436. The van der Waals surface area contributed by atoms with Crippen molar-refractivity contribution in [3.8, 4) is 0 Å². The smallest absolute Gasteiger partial charge is 0.332 e. The van der Waals surface area contributed by atoms with Gasteiger partial charge in [-0.05, 0) is 63.9 Å². The van der Waals surface area contributed by atoms with Crippen LogP contribution in [0.5, 0.6) is 0 Å². The van der Waals surface area contributed by atoms with Crippen LogP contribution in [0.1, 0.15) is 91.0 Å². The minimum absolute atomic E-state index is 0.0105. The Morgan fingerprint density at radius 3 is 2.24 bits per heavy atom. The third-order valence-corrected chi connectivity index (χ3v) is 10.6. The van der Waals surface area contributed by atoms with Gasteiger partial charge in [0.15, 0.2) is 0 Å². The number of rotatable bonds is 10. The quantitative estimate of drug-likeness (QED) is 0.308. The Morgan fingerprint density at radius 2 is 1.62 bits per heavy atom. The molecule has 0 saturated carbocycles. The van der Waals surface area contributed by atoms with Gasteiger partial charge in [0.25, 0.3) is 0 Å². The van der Waals surface area contributed by atoms with Gasteiger partial charge in [0.2, 0.25) is 17.7 Å². The van der Waals surface area contributed by atoms with E-state index in [0.29, 0.717) is 38.6 Å². The molecule has 2 heterocycles. The van der Waals surface area contributed by atoms with E-state index in [1.165, 1.54) is 0 Å². The van der Waals surface area contributed by atoms with E-state index in [1.807, 2.05) is 44.2 Å². The highest BCUT2D eigenvalue weighted by Crippen LogP contribution is 2.50. The summed E-state index contributed by atoms with van der Waals surface area (Å²) in [5, 5.41) is 9.18. The Labute approximate surface area is 252 Å². The zero-order valence-electron chi connectivity index (χ0n) is 26.0. The van der Waals surface area contributed by atoms with Crippen LogP contribution >= 0.6 is 7.60 Å². The number of hydrogen-bond acceptors (Lipinski definition) is 6. The molecule has 1 spiro atoms. The highest BCUT2D eigenvalue weighted by atomic mass is 31.2. The summed E-state index contributed by atoms with van der Waals surface area (Å²) in [6, 6.07) is 8.62. The van der Waals surface area contributed by atoms with Gasteiger partial charge in [-0.3, -0.25) is 18.9 Å². The highest BCUT2D eigenvalue weighted by molar-refractivity contribution is 7.53. The summed E-state index contributed by atoms with van der Waals surface area (Å²) >= 11 is 0. The third-order valence-electron chi connectivity index (χ3n) is 8.44. The number of carbonyl (C=O) groups is 3. The molecule has 42 heavy (non-hydrogen) atoms. The number of benzene rings is 1. The second-order valence-electron chi connectivity index (χ2n) is 12.4. The van der Waals surface area contributed by atoms with Crippen molar-refractivity contribution in [1.82, 2.24) is 16.0 Å². The number of amides is 3. The van der Waals surface area contributed by atoms with Crippen LogP contribution in [0.3, 0.4) is 0 Å². The zero-order chi connectivity index (χ0) is 30.6. The Bertz CT molecular complexity index is 1060. The van der Waals surface area contributed by atoms with Gasteiger partial charge in [0.1, 0.15) is 6.04 Å². The highest BCUT2D eigenvalue weighted by Gasteiger charge is 2.45. The molecule has 9 nitrogen and oxygen atoms in total. The molecule has 3 amide bonds. The van der Waals surface area contributed by atoms with Crippen molar-refractivity contribution in [1.29, 1.82) is 0 Å². The summed E-state index contributed by atoms with van der Waals surface area (Å²) < 4.78 is 24.9. The molecular weight excluding hydrogens is 553 g/mol. The van der Waals surface area contributed by atoms with Gasteiger partial charge in [-0.2, -0.15) is 0 Å². The molecule has 2 unspecified atom stereocenters. The van der Waals surface area contributed by atoms with Crippen LogP contribution in [0.4, 0.5) is 0 Å². The van der Waals surface area contributed by atoms with Gasteiger partial charge >= 0.3 is 7.60 Å². The monoisotopic (exact) mass is 605 g/mol. The Morgan fingerprint density at radius 1 is 0.929 bits per heavy atom. The predicted octanol–water partition coefficient (Wildman–Crippen LogP) is 5.38. The van der Waals surface area contributed by atoms with Crippen molar-refractivity contribution in [2.75, 3.05) is 25.9 Å². The van der Waals surface area contributed by atoms with Gasteiger partial charge in [0, 0.05) is 18.5 Å². The first-order valence-corrected chi connectivity index (χ1v) is 17.6. The van der Waals surface area contributed by atoms with Crippen LogP contribution in [0, 0.1) is 17.3 Å². The van der Waals surface area contributed by atoms with Gasteiger partial charge in [-0.15, -0.1) is 0 Å². The molecule has 0 radical (unpaired) electrons. The lowest BCUT2D eigenvalue weighted by Crippen LogP contribution is -2.53. The van der Waals surface area contributed by atoms with Crippen molar-refractivity contribution in [3.63, 3.8) is 0 Å². The lowest BCUT2D eigenvalue weighted by Gasteiger charge is -2.33. The Kier molecular flexibility index (Phi) is 13.5. The molecule has 2 fully saturated rings. The van der Waals surface area contributed by atoms with Crippen molar-refractivity contribution >= 4 is 25.3 Å². The summed E-state index contributed by atoms with van der Waals surface area (Å²) in [5.74, 6) is -0.558. The van der Waals surface area contributed by atoms with E-state index < -0.39 is 25.1 Å².